The van der Waals surface area contributed by atoms with Gasteiger partial charge in [-0.1, -0.05) is 24.9 Å². The van der Waals surface area contributed by atoms with Gasteiger partial charge in [0.25, 0.3) is 0 Å². The predicted molar refractivity (Wildman–Crippen MR) is 90.7 cm³/mol. The molecule has 9 heteroatoms. The highest BCUT2D eigenvalue weighted by Gasteiger charge is 2.22. The second kappa shape index (κ2) is 6.88. The van der Waals surface area contributed by atoms with Gasteiger partial charge < -0.3 is 15.6 Å². The van der Waals surface area contributed by atoms with Crippen molar-refractivity contribution < 1.29 is 9.32 Å². The van der Waals surface area contributed by atoms with Gasteiger partial charge in [0.1, 0.15) is 6.04 Å². The van der Waals surface area contributed by atoms with Crippen LogP contribution in [0.2, 0.25) is 0 Å². The molecule has 0 aliphatic heterocycles. The molecule has 0 unspecified atom stereocenters. The van der Waals surface area contributed by atoms with Gasteiger partial charge >= 0.3 is 6.03 Å². The zero-order valence-electron chi connectivity index (χ0n) is 14.5. The van der Waals surface area contributed by atoms with Gasteiger partial charge in [-0.15, -0.1) is 0 Å². The Bertz CT molecular complexity index is 899. The summed E-state index contributed by atoms with van der Waals surface area (Å²) in [5.41, 5.74) is 8.44. The molecule has 3 aromatic heterocycles. The Kier molecular flexibility index (Phi) is 4.64. The van der Waals surface area contributed by atoms with Crippen molar-refractivity contribution in [1.29, 1.82) is 0 Å². The molecule has 0 radical (unpaired) electrons. The van der Waals surface area contributed by atoms with E-state index in [2.05, 4.69) is 32.5 Å². The Morgan fingerprint density at radius 2 is 2.20 bits per heavy atom. The lowest BCUT2D eigenvalue weighted by Gasteiger charge is -2.12. The molecule has 0 aromatic carbocycles. The molecule has 1 atom stereocenters. The molecular formula is C16H21N7O2. The summed E-state index contributed by atoms with van der Waals surface area (Å²) in [5, 5.41) is 11.0. The van der Waals surface area contributed by atoms with Crippen LogP contribution in [-0.2, 0) is 0 Å². The van der Waals surface area contributed by atoms with E-state index in [1.807, 2.05) is 19.9 Å². The maximum atomic E-state index is 11.2. The van der Waals surface area contributed by atoms with E-state index in [9.17, 15) is 4.79 Å². The Balaban J connectivity index is 1.96. The maximum absolute atomic E-state index is 11.2. The number of amides is 2. The summed E-state index contributed by atoms with van der Waals surface area (Å²) >= 11 is 0. The summed E-state index contributed by atoms with van der Waals surface area (Å²) in [4.78, 5) is 20.2. The number of urea groups is 1. The highest BCUT2D eigenvalue weighted by atomic mass is 16.5. The molecule has 3 aromatic rings. The van der Waals surface area contributed by atoms with Gasteiger partial charge in [0.05, 0.1) is 11.8 Å². The first-order chi connectivity index (χ1) is 12.0. The number of primary amides is 1. The third kappa shape index (κ3) is 3.44. The Hall–Kier alpha value is -2.97. The minimum Gasteiger partial charge on any atom is -0.352 e. The van der Waals surface area contributed by atoms with Crippen LogP contribution in [0.5, 0.6) is 0 Å². The van der Waals surface area contributed by atoms with E-state index in [0.717, 1.165) is 24.2 Å². The van der Waals surface area contributed by atoms with E-state index in [1.54, 1.807) is 10.7 Å². The summed E-state index contributed by atoms with van der Waals surface area (Å²) in [5.74, 6) is 0.709. The van der Waals surface area contributed by atoms with Crippen molar-refractivity contribution >= 4 is 11.7 Å². The molecular weight excluding hydrogens is 322 g/mol. The number of unbranched alkanes of at least 4 members (excludes halogenated alkanes) is 1. The van der Waals surface area contributed by atoms with E-state index < -0.39 is 12.1 Å². The summed E-state index contributed by atoms with van der Waals surface area (Å²) in [6, 6.07) is 0.921. The van der Waals surface area contributed by atoms with E-state index in [0.29, 0.717) is 29.3 Å². The monoisotopic (exact) mass is 343 g/mol. The molecule has 0 spiro atoms. The Labute approximate surface area is 144 Å². The molecule has 132 valence electrons. The smallest absolute Gasteiger partial charge is 0.312 e. The minimum atomic E-state index is -0.621. The molecule has 9 nitrogen and oxygen atoms in total. The fourth-order valence-corrected chi connectivity index (χ4v) is 2.75. The van der Waals surface area contributed by atoms with Crippen LogP contribution in [0.1, 0.15) is 49.5 Å². The average molecular weight is 343 g/mol. The largest absolute Gasteiger partial charge is 0.352 e. The first-order valence-electron chi connectivity index (χ1n) is 8.21. The molecule has 0 aliphatic carbocycles. The number of hydrogen-bond acceptors (Lipinski definition) is 6. The number of nitrogens with zero attached hydrogens (tertiary/aromatic N) is 5. The van der Waals surface area contributed by atoms with Crippen LogP contribution in [0.15, 0.2) is 16.8 Å². The van der Waals surface area contributed by atoms with Gasteiger partial charge in [-0.3, -0.25) is 0 Å². The SMILES string of the molecule is CCCC[C@H](NC(N)=O)c1nc(-c2cnn3c(C)cc(C)nc23)no1. The van der Waals surface area contributed by atoms with Crippen molar-refractivity contribution in [3.63, 3.8) is 0 Å². The summed E-state index contributed by atoms with van der Waals surface area (Å²) in [7, 11) is 0. The van der Waals surface area contributed by atoms with E-state index in [-0.39, 0.29) is 0 Å². The number of fused-ring (bicyclic) bond motifs is 1. The van der Waals surface area contributed by atoms with Crippen molar-refractivity contribution in [3.05, 3.63) is 29.5 Å². The second-order valence-electron chi connectivity index (χ2n) is 5.99. The lowest BCUT2D eigenvalue weighted by molar-refractivity contribution is 0.239. The van der Waals surface area contributed by atoms with Crippen molar-refractivity contribution in [2.24, 2.45) is 5.73 Å². The fraction of sp³-hybridized carbons (Fsp3) is 0.438. The molecule has 0 saturated carbocycles. The number of carbonyl (C=O) groups is 1. The van der Waals surface area contributed by atoms with Gasteiger partial charge in [-0.2, -0.15) is 10.1 Å². The molecule has 3 N–H and O–H groups in total. The highest BCUT2D eigenvalue weighted by Crippen LogP contribution is 2.25. The van der Waals surface area contributed by atoms with Gasteiger partial charge in [0.2, 0.25) is 11.7 Å². The van der Waals surface area contributed by atoms with Gasteiger partial charge in [-0.25, -0.2) is 14.3 Å². The van der Waals surface area contributed by atoms with Crippen molar-refractivity contribution in [2.45, 2.75) is 46.1 Å². The van der Waals surface area contributed by atoms with Crippen molar-refractivity contribution in [2.75, 3.05) is 0 Å². The highest BCUT2D eigenvalue weighted by molar-refractivity contribution is 5.73. The van der Waals surface area contributed by atoms with Crippen LogP contribution in [0, 0.1) is 13.8 Å². The molecule has 25 heavy (non-hydrogen) atoms. The molecule has 3 heterocycles. The van der Waals surface area contributed by atoms with Gasteiger partial charge in [0, 0.05) is 11.4 Å². The summed E-state index contributed by atoms with van der Waals surface area (Å²) in [6.45, 7) is 5.94. The minimum absolute atomic E-state index is 0.325. The first-order valence-corrected chi connectivity index (χ1v) is 8.21. The fourth-order valence-electron chi connectivity index (χ4n) is 2.75. The normalized spacial score (nSPS) is 12.4. The molecule has 3 rings (SSSR count). The zero-order chi connectivity index (χ0) is 18.0. The zero-order valence-corrected chi connectivity index (χ0v) is 14.5. The van der Waals surface area contributed by atoms with Crippen molar-refractivity contribution in [1.82, 2.24) is 30.1 Å². The van der Waals surface area contributed by atoms with Crippen LogP contribution in [0.3, 0.4) is 0 Å². The molecule has 0 fully saturated rings. The van der Waals surface area contributed by atoms with Crippen LogP contribution in [-0.4, -0.2) is 30.8 Å². The number of aryl methyl sites for hydroxylation is 2. The number of carbonyl (C=O) groups excluding carboxylic acids is 1. The third-order valence-electron chi connectivity index (χ3n) is 3.92. The number of nitrogens with one attached hydrogen (secondary N) is 1. The van der Waals surface area contributed by atoms with Crippen molar-refractivity contribution in [3.8, 4) is 11.4 Å². The summed E-state index contributed by atoms with van der Waals surface area (Å²) < 4.78 is 7.09. The average Bonchev–Trinajstić information content (AvgIpc) is 3.17. The van der Waals surface area contributed by atoms with Crippen LogP contribution in [0.25, 0.3) is 17.0 Å². The Morgan fingerprint density at radius 3 is 2.92 bits per heavy atom. The lowest BCUT2D eigenvalue weighted by Crippen LogP contribution is -2.33. The summed E-state index contributed by atoms with van der Waals surface area (Å²) in [6.07, 6.45) is 4.21. The maximum Gasteiger partial charge on any atom is 0.312 e. The molecule has 0 saturated heterocycles. The van der Waals surface area contributed by atoms with Crippen LogP contribution in [0.4, 0.5) is 4.79 Å². The predicted octanol–water partition coefficient (Wildman–Crippen LogP) is 2.30. The van der Waals surface area contributed by atoms with Gasteiger partial charge in [0.15, 0.2) is 5.65 Å². The topological polar surface area (TPSA) is 124 Å². The van der Waals surface area contributed by atoms with E-state index >= 15 is 0 Å². The molecule has 2 amide bonds. The van der Waals surface area contributed by atoms with E-state index in [1.165, 1.54) is 0 Å². The molecule has 0 bridgehead atoms. The van der Waals surface area contributed by atoms with E-state index in [4.69, 9.17) is 10.3 Å². The number of aromatic nitrogens is 5. The third-order valence-corrected chi connectivity index (χ3v) is 3.92. The number of rotatable bonds is 6. The first kappa shape index (κ1) is 16.9. The Morgan fingerprint density at radius 1 is 1.40 bits per heavy atom. The van der Waals surface area contributed by atoms with Crippen LogP contribution >= 0.6 is 0 Å². The molecule has 0 aliphatic rings. The lowest BCUT2D eigenvalue weighted by atomic mass is 10.1. The number of nitrogens with two attached hydrogens (primary N) is 1. The second-order valence-corrected chi connectivity index (χ2v) is 5.99. The number of hydrogen-bond donors (Lipinski definition) is 2. The van der Waals surface area contributed by atoms with Gasteiger partial charge in [-0.05, 0) is 26.3 Å². The van der Waals surface area contributed by atoms with Crippen LogP contribution < -0.4 is 11.1 Å². The quantitative estimate of drug-likeness (QED) is 0.707. The standard InChI is InChI=1S/C16H21N7O2/c1-4-5-6-12(20-16(17)24)15-21-13(22-25-15)11-8-18-23-10(3)7-9(2)19-14(11)23/h7-8,12H,4-6H2,1-3H3,(H3,17,20,24)/t12-/m0/s1.